The Kier molecular flexibility index (Phi) is 6.31. The molecule has 1 aliphatic rings. The smallest absolute Gasteiger partial charge is 0.319 e. The van der Waals surface area contributed by atoms with Crippen LogP contribution in [0, 0.1) is 0 Å². The van der Waals surface area contributed by atoms with Crippen molar-refractivity contribution < 1.29 is 9.59 Å². The third-order valence-electron chi connectivity index (χ3n) is 6.39. The highest BCUT2D eigenvalue weighted by atomic mass is 16.2. The topological polar surface area (TPSA) is 92.4 Å². The van der Waals surface area contributed by atoms with Gasteiger partial charge >= 0.3 is 6.03 Å². The van der Waals surface area contributed by atoms with Gasteiger partial charge in [-0.25, -0.2) is 4.79 Å². The van der Waals surface area contributed by atoms with Gasteiger partial charge in [-0.1, -0.05) is 12.1 Å². The van der Waals surface area contributed by atoms with E-state index in [4.69, 9.17) is 5.73 Å². The molecule has 0 unspecified atom stereocenters. The van der Waals surface area contributed by atoms with E-state index in [0.29, 0.717) is 23.8 Å². The van der Waals surface area contributed by atoms with Gasteiger partial charge in [0.15, 0.2) is 0 Å². The maximum absolute atomic E-state index is 12.7. The van der Waals surface area contributed by atoms with E-state index in [1.54, 1.807) is 11.9 Å². The fourth-order valence-corrected chi connectivity index (χ4v) is 4.30. The molecule has 7 heteroatoms. The average molecular weight is 448 g/mol. The Morgan fingerprint density at radius 2 is 1.85 bits per heavy atom. The number of anilines is 2. The number of fused-ring (bicyclic) bond motifs is 1. The number of aromatic nitrogens is 1. The summed E-state index contributed by atoms with van der Waals surface area (Å²) in [6, 6.07) is 13.8. The number of rotatable bonds is 6. The molecule has 0 atom stereocenters. The van der Waals surface area contributed by atoms with Crippen molar-refractivity contribution in [2.24, 2.45) is 0 Å². The predicted molar refractivity (Wildman–Crippen MR) is 135 cm³/mol. The van der Waals surface area contributed by atoms with Gasteiger partial charge in [-0.05, 0) is 70.4 Å². The summed E-state index contributed by atoms with van der Waals surface area (Å²) in [5.74, 6) is -0.00755. The summed E-state index contributed by atoms with van der Waals surface area (Å²) in [5.41, 5.74) is 11.8. The SMILES string of the molecule is CCN(C)C(=O)c1ccc2c(c1)c(N)c(-c1ccc(NC(=O)NC(C)C)cc1)n2C1CCC1. The Labute approximate surface area is 194 Å². The fourth-order valence-electron chi connectivity index (χ4n) is 4.30. The van der Waals surface area contributed by atoms with Gasteiger partial charge in [0.05, 0.1) is 16.9 Å². The van der Waals surface area contributed by atoms with E-state index >= 15 is 0 Å². The predicted octanol–water partition coefficient (Wildman–Crippen LogP) is 5.24. The Balaban J connectivity index is 1.74. The first-order valence-electron chi connectivity index (χ1n) is 11.7. The van der Waals surface area contributed by atoms with E-state index in [-0.39, 0.29) is 18.0 Å². The highest BCUT2D eigenvalue weighted by molar-refractivity contribution is 6.05. The Morgan fingerprint density at radius 3 is 2.42 bits per heavy atom. The highest BCUT2D eigenvalue weighted by Gasteiger charge is 2.27. The number of hydrogen-bond acceptors (Lipinski definition) is 3. The zero-order valence-corrected chi connectivity index (χ0v) is 19.8. The number of benzene rings is 2. The van der Waals surface area contributed by atoms with Crippen LogP contribution < -0.4 is 16.4 Å². The molecule has 3 amide bonds. The van der Waals surface area contributed by atoms with Gasteiger partial charge in [0, 0.05) is 47.9 Å². The lowest BCUT2D eigenvalue weighted by molar-refractivity contribution is 0.0802. The number of nitrogens with one attached hydrogen (secondary N) is 2. The highest BCUT2D eigenvalue weighted by Crippen LogP contribution is 2.44. The molecule has 33 heavy (non-hydrogen) atoms. The molecule has 0 bridgehead atoms. The van der Waals surface area contributed by atoms with Crippen molar-refractivity contribution in [2.75, 3.05) is 24.6 Å². The molecule has 1 fully saturated rings. The summed E-state index contributed by atoms with van der Waals surface area (Å²) in [7, 11) is 1.80. The molecule has 1 aliphatic carbocycles. The van der Waals surface area contributed by atoms with Crippen LogP contribution >= 0.6 is 0 Å². The molecule has 0 spiro atoms. The van der Waals surface area contributed by atoms with Crippen LogP contribution in [0.2, 0.25) is 0 Å². The largest absolute Gasteiger partial charge is 0.396 e. The lowest BCUT2D eigenvalue weighted by atomic mass is 9.92. The van der Waals surface area contributed by atoms with Gasteiger partial charge in [0.1, 0.15) is 0 Å². The van der Waals surface area contributed by atoms with Crippen molar-refractivity contribution in [1.29, 1.82) is 0 Å². The van der Waals surface area contributed by atoms with Crippen LogP contribution in [0.1, 0.15) is 56.4 Å². The van der Waals surface area contributed by atoms with E-state index in [0.717, 1.165) is 40.7 Å². The van der Waals surface area contributed by atoms with E-state index in [1.165, 1.54) is 6.42 Å². The summed E-state index contributed by atoms with van der Waals surface area (Å²) in [4.78, 5) is 26.4. The van der Waals surface area contributed by atoms with Crippen LogP contribution in [0.15, 0.2) is 42.5 Å². The summed E-state index contributed by atoms with van der Waals surface area (Å²) in [6.07, 6.45) is 3.43. The Morgan fingerprint density at radius 1 is 1.15 bits per heavy atom. The lowest BCUT2D eigenvalue weighted by Gasteiger charge is -2.30. The van der Waals surface area contributed by atoms with Crippen LogP contribution in [0.3, 0.4) is 0 Å². The normalized spacial score (nSPS) is 13.7. The van der Waals surface area contributed by atoms with Crippen LogP contribution in [-0.4, -0.2) is 41.0 Å². The average Bonchev–Trinajstić information content (AvgIpc) is 3.03. The van der Waals surface area contributed by atoms with Crippen molar-refractivity contribution in [1.82, 2.24) is 14.8 Å². The van der Waals surface area contributed by atoms with Crippen LogP contribution in [-0.2, 0) is 0 Å². The maximum Gasteiger partial charge on any atom is 0.319 e. The van der Waals surface area contributed by atoms with Crippen LogP contribution in [0.25, 0.3) is 22.2 Å². The number of amides is 3. The molecule has 4 rings (SSSR count). The molecule has 1 heterocycles. The number of urea groups is 1. The Hall–Kier alpha value is -3.48. The van der Waals surface area contributed by atoms with Gasteiger partial charge in [0.25, 0.3) is 5.91 Å². The minimum absolute atomic E-state index is 0.00755. The molecule has 7 nitrogen and oxygen atoms in total. The second-order valence-electron chi connectivity index (χ2n) is 9.10. The third kappa shape index (κ3) is 4.40. The van der Waals surface area contributed by atoms with Gasteiger partial charge in [0.2, 0.25) is 0 Å². The van der Waals surface area contributed by atoms with Gasteiger partial charge in [-0.15, -0.1) is 0 Å². The van der Waals surface area contributed by atoms with E-state index in [1.807, 2.05) is 63.2 Å². The number of carbonyl (C=O) groups is 2. The zero-order valence-electron chi connectivity index (χ0n) is 19.8. The first-order valence-corrected chi connectivity index (χ1v) is 11.7. The molecule has 2 aromatic carbocycles. The van der Waals surface area contributed by atoms with Crippen LogP contribution in [0.4, 0.5) is 16.2 Å². The Bertz CT molecular complexity index is 1180. The van der Waals surface area contributed by atoms with Crippen LogP contribution in [0.5, 0.6) is 0 Å². The van der Waals surface area contributed by atoms with E-state index < -0.39 is 0 Å². The molecule has 4 N–H and O–H groups in total. The summed E-state index contributed by atoms with van der Waals surface area (Å²) >= 11 is 0. The molecule has 0 radical (unpaired) electrons. The monoisotopic (exact) mass is 447 g/mol. The molecular formula is C26H33N5O2. The summed E-state index contributed by atoms with van der Waals surface area (Å²) in [6.45, 7) is 6.45. The number of hydrogen-bond donors (Lipinski definition) is 3. The quantitative estimate of drug-likeness (QED) is 0.483. The number of nitrogen functional groups attached to an aromatic ring is 1. The molecule has 0 saturated heterocycles. The van der Waals surface area contributed by atoms with Crippen molar-refractivity contribution in [3.05, 3.63) is 48.0 Å². The van der Waals surface area contributed by atoms with E-state index in [9.17, 15) is 9.59 Å². The number of carbonyl (C=O) groups excluding carboxylic acids is 2. The summed E-state index contributed by atoms with van der Waals surface area (Å²) in [5, 5.41) is 6.59. The zero-order chi connectivity index (χ0) is 23.7. The molecule has 0 aliphatic heterocycles. The molecule has 3 aromatic rings. The first kappa shape index (κ1) is 22.7. The number of nitrogens with zero attached hydrogens (tertiary/aromatic N) is 2. The van der Waals surface area contributed by atoms with E-state index in [2.05, 4.69) is 15.2 Å². The molecule has 1 aromatic heterocycles. The van der Waals surface area contributed by atoms with Crippen molar-refractivity contribution in [2.45, 2.75) is 52.1 Å². The second-order valence-corrected chi connectivity index (χ2v) is 9.10. The van der Waals surface area contributed by atoms with Crippen molar-refractivity contribution in [3.63, 3.8) is 0 Å². The maximum atomic E-state index is 12.7. The van der Waals surface area contributed by atoms with Gasteiger partial charge < -0.3 is 25.8 Å². The second kappa shape index (κ2) is 9.17. The minimum atomic E-state index is -0.227. The molecule has 1 saturated carbocycles. The molecule has 174 valence electrons. The third-order valence-corrected chi connectivity index (χ3v) is 6.39. The van der Waals surface area contributed by atoms with Crippen molar-refractivity contribution >= 4 is 34.2 Å². The first-order chi connectivity index (χ1) is 15.8. The number of nitrogens with two attached hydrogens (primary N) is 1. The standard InChI is InChI=1S/C26H33N5O2/c1-5-30(4)25(32)18-11-14-22-21(15-18)23(27)24(31(22)20-7-6-8-20)17-9-12-19(13-10-17)29-26(33)28-16(2)3/h9-16,20H,5-8,27H2,1-4H3,(H2,28,29,33). The minimum Gasteiger partial charge on any atom is -0.396 e. The van der Waals surface area contributed by atoms with Gasteiger partial charge in [-0.2, -0.15) is 0 Å². The summed E-state index contributed by atoms with van der Waals surface area (Å²) < 4.78 is 2.33. The fraction of sp³-hybridized carbons (Fsp3) is 0.385. The van der Waals surface area contributed by atoms with Gasteiger partial charge in [-0.3, -0.25) is 4.79 Å². The lowest BCUT2D eigenvalue weighted by Crippen LogP contribution is -2.34. The molecular weight excluding hydrogens is 414 g/mol. The van der Waals surface area contributed by atoms with Crippen molar-refractivity contribution in [3.8, 4) is 11.3 Å².